The molecule has 2 amide bonds. The highest BCUT2D eigenvalue weighted by Gasteiger charge is 2.32. The molecular weight excluding hydrogens is 364 g/mol. The van der Waals surface area contributed by atoms with Gasteiger partial charge in [0.25, 0.3) is 0 Å². The van der Waals surface area contributed by atoms with Crippen molar-refractivity contribution in [3.63, 3.8) is 0 Å². The lowest BCUT2D eigenvalue weighted by Crippen LogP contribution is -2.53. The fraction of sp³-hybridized carbons (Fsp3) is 0.318. The predicted molar refractivity (Wildman–Crippen MR) is 114 cm³/mol. The van der Waals surface area contributed by atoms with Crippen LogP contribution in [0, 0.1) is 0 Å². The Morgan fingerprint density at radius 3 is 2.21 bits per heavy atom. The molecule has 2 aromatic carbocycles. The monoisotopic (exact) mass is 390 g/mol. The van der Waals surface area contributed by atoms with E-state index in [4.69, 9.17) is 0 Å². The minimum atomic E-state index is -0.357. The summed E-state index contributed by atoms with van der Waals surface area (Å²) in [6.45, 7) is 6.72. The zero-order valence-electron chi connectivity index (χ0n) is 16.4. The molecule has 0 aromatic heterocycles. The van der Waals surface area contributed by atoms with E-state index in [0.29, 0.717) is 32.7 Å². The summed E-state index contributed by atoms with van der Waals surface area (Å²) in [7, 11) is 0. The van der Waals surface area contributed by atoms with Crippen LogP contribution in [0.5, 0.6) is 0 Å². The number of amides is 2. The van der Waals surface area contributed by atoms with E-state index in [9.17, 15) is 10.3 Å². The fourth-order valence-electron chi connectivity index (χ4n) is 3.74. The molecular formula is C22H26N6O. The van der Waals surface area contributed by atoms with Crippen LogP contribution in [0.15, 0.2) is 78.4 Å². The first-order chi connectivity index (χ1) is 14.2. The van der Waals surface area contributed by atoms with Crippen LogP contribution in [0.2, 0.25) is 0 Å². The van der Waals surface area contributed by atoms with E-state index in [0.717, 1.165) is 11.1 Å². The van der Waals surface area contributed by atoms with Crippen LogP contribution in [0.25, 0.3) is 10.4 Å². The van der Waals surface area contributed by atoms with E-state index in [1.54, 1.807) is 6.08 Å². The Morgan fingerprint density at radius 2 is 1.66 bits per heavy atom. The summed E-state index contributed by atoms with van der Waals surface area (Å²) in [5.74, 6) is 0. The number of azide groups is 1. The molecule has 7 nitrogen and oxygen atoms in total. The van der Waals surface area contributed by atoms with Gasteiger partial charge in [-0.1, -0.05) is 71.9 Å². The zero-order valence-corrected chi connectivity index (χ0v) is 16.4. The highest BCUT2D eigenvalue weighted by Crippen LogP contribution is 2.37. The second-order valence-corrected chi connectivity index (χ2v) is 6.91. The second-order valence-electron chi connectivity index (χ2n) is 6.91. The maximum Gasteiger partial charge on any atom is 0.317 e. The molecule has 0 bridgehead atoms. The molecule has 0 unspecified atom stereocenters. The van der Waals surface area contributed by atoms with Gasteiger partial charge < -0.3 is 10.2 Å². The summed E-state index contributed by atoms with van der Waals surface area (Å²) in [4.78, 5) is 19.5. The summed E-state index contributed by atoms with van der Waals surface area (Å²) >= 11 is 0. The van der Waals surface area contributed by atoms with Crippen molar-refractivity contribution in [3.8, 4) is 0 Å². The van der Waals surface area contributed by atoms with E-state index < -0.39 is 0 Å². The third kappa shape index (κ3) is 5.16. The van der Waals surface area contributed by atoms with Gasteiger partial charge in [-0.05, 0) is 16.7 Å². The minimum absolute atomic E-state index is 0.0736. The third-order valence-corrected chi connectivity index (χ3v) is 5.15. The molecule has 0 saturated carbocycles. The summed E-state index contributed by atoms with van der Waals surface area (Å²) in [6, 6.07) is 19.4. The van der Waals surface area contributed by atoms with Gasteiger partial charge in [-0.3, -0.25) is 4.90 Å². The van der Waals surface area contributed by atoms with Crippen molar-refractivity contribution in [2.75, 3.05) is 32.7 Å². The average Bonchev–Trinajstić information content (AvgIpc) is 2.79. The highest BCUT2D eigenvalue weighted by atomic mass is 16.2. The molecule has 1 heterocycles. The molecule has 7 heteroatoms. The first kappa shape index (κ1) is 20.5. The summed E-state index contributed by atoms with van der Waals surface area (Å²) in [5.41, 5.74) is 11.3. The van der Waals surface area contributed by atoms with Gasteiger partial charge in [0.1, 0.15) is 0 Å². The van der Waals surface area contributed by atoms with Gasteiger partial charge in [0.15, 0.2) is 0 Å². The largest absolute Gasteiger partial charge is 0.335 e. The minimum Gasteiger partial charge on any atom is -0.335 e. The van der Waals surface area contributed by atoms with Gasteiger partial charge >= 0.3 is 6.03 Å². The van der Waals surface area contributed by atoms with Gasteiger partial charge in [-0.25, -0.2) is 4.79 Å². The van der Waals surface area contributed by atoms with Crippen molar-refractivity contribution < 1.29 is 4.79 Å². The lowest BCUT2D eigenvalue weighted by molar-refractivity contribution is 0.0966. The van der Waals surface area contributed by atoms with Gasteiger partial charge in [0, 0.05) is 43.7 Å². The Kier molecular flexibility index (Phi) is 7.28. The van der Waals surface area contributed by atoms with E-state index in [2.05, 4.69) is 39.0 Å². The summed E-state index contributed by atoms with van der Waals surface area (Å²) < 4.78 is 0. The maximum absolute atomic E-state index is 12.2. The van der Waals surface area contributed by atoms with Crippen LogP contribution in [0.3, 0.4) is 0 Å². The topological polar surface area (TPSA) is 84.3 Å². The van der Waals surface area contributed by atoms with Gasteiger partial charge in [0.2, 0.25) is 0 Å². The Labute approximate surface area is 171 Å². The molecule has 1 fully saturated rings. The van der Waals surface area contributed by atoms with Crippen LogP contribution in [0.4, 0.5) is 4.79 Å². The molecule has 0 spiro atoms. The number of carbonyl (C=O) groups is 1. The predicted octanol–water partition coefficient (Wildman–Crippen LogP) is 4.29. The summed E-state index contributed by atoms with van der Waals surface area (Å²) in [6.07, 6.45) is 1.67. The standard InChI is InChI=1S/C22H26N6O/c1-2-13-24-22(29)28-16-14-27(15-17-28)21(19-11-7-4-8-12-19)20(25-26-23)18-9-5-3-6-10-18/h2-12,20-21H,1,13-17H2,(H,24,29)/t20-,21+/m0/s1. The SMILES string of the molecule is C=CCNC(=O)N1CCN([C@H](c2ccccc2)[C@@H](N=[N+]=[N-])c2ccccc2)CC1. The molecule has 2 aromatic rings. The van der Waals surface area contributed by atoms with Gasteiger partial charge in [-0.2, -0.15) is 0 Å². The zero-order chi connectivity index (χ0) is 20.5. The van der Waals surface area contributed by atoms with Crippen molar-refractivity contribution in [1.29, 1.82) is 0 Å². The van der Waals surface area contributed by atoms with Crippen molar-refractivity contribution >= 4 is 6.03 Å². The van der Waals surface area contributed by atoms with Crippen molar-refractivity contribution in [2.45, 2.75) is 12.1 Å². The number of nitrogens with zero attached hydrogens (tertiary/aromatic N) is 5. The number of piperazine rings is 1. The van der Waals surface area contributed by atoms with Crippen molar-refractivity contribution in [2.24, 2.45) is 5.11 Å². The van der Waals surface area contributed by atoms with Gasteiger partial charge in [0.05, 0.1) is 6.04 Å². The second kappa shape index (κ2) is 10.3. The van der Waals surface area contributed by atoms with Crippen LogP contribution < -0.4 is 5.32 Å². The van der Waals surface area contributed by atoms with Crippen LogP contribution in [0.1, 0.15) is 23.2 Å². The number of rotatable bonds is 7. The number of benzene rings is 2. The smallest absolute Gasteiger partial charge is 0.317 e. The number of hydrogen-bond acceptors (Lipinski definition) is 3. The Hall–Kier alpha value is -3.28. The molecule has 29 heavy (non-hydrogen) atoms. The highest BCUT2D eigenvalue weighted by molar-refractivity contribution is 5.74. The molecule has 1 aliphatic heterocycles. The Morgan fingerprint density at radius 1 is 1.07 bits per heavy atom. The normalized spacial score (nSPS) is 16.3. The first-order valence-corrected chi connectivity index (χ1v) is 9.76. The van der Waals surface area contributed by atoms with E-state index in [1.165, 1.54) is 0 Å². The van der Waals surface area contributed by atoms with Crippen molar-refractivity contribution in [3.05, 3.63) is 94.9 Å². The Balaban J connectivity index is 1.85. The van der Waals surface area contributed by atoms with Crippen molar-refractivity contribution in [1.82, 2.24) is 15.1 Å². The van der Waals surface area contributed by atoms with Crippen LogP contribution in [-0.4, -0.2) is 48.6 Å². The first-order valence-electron chi connectivity index (χ1n) is 9.76. The van der Waals surface area contributed by atoms with Crippen LogP contribution >= 0.6 is 0 Å². The number of urea groups is 1. The van der Waals surface area contributed by atoms with E-state index in [1.807, 2.05) is 53.4 Å². The lowest BCUT2D eigenvalue weighted by Gasteiger charge is -2.41. The third-order valence-electron chi connectivity index (χ3n) is 5.15. The lowest BCUT2D eigenvalue weighted by atomic mass is 9.92. The summed E-state index contributed by atoms with van der Waals surface area (Å²) in [5, 5.41) is 7.01. The maximum atomic E-state index is 12.2. The van der Waals surface area contributed by atoms with E-state index in [-0.39, 0.29) is 18.1 Å². The van der Waals surface area contributed by atoms with Crippen LogP contribution in [-0.2, 0) is 0 Å². The number of carbonyl (C=O) groups excluding carboxylic acids is 1. The molecule has 1 aliphatic rings. The fourth-order valence-corrected chi connectivity index (χ4v) is 3.74. The molecule has 1 saturated heterocycles. The molecule has 0 aliphatic carbocycles. The Bertz CT molecular complexity index is 842. The number of hydrogen-bond donors (Lipinski definition) is 1. The van der Waals surface area contributed by atoms with Gasteiger partial charge in [-0.15, -0.1) is 6.58 Å². The molecule has 150 valence electrons. The quantitative estimate of drug-likeness (QED) is 0.331. The van der Waals surface area contributed by atoms with E-state index >= 15 is 0 Å². The average molecular weight is 390 g/mol. The molecule has 2 atom stereocenters. The molecule has 1 N–H and O–H groups in total. The molecule has 0 radical (unpaired) electrons. The number of nitrogens with one attached hydrogen (secondary N) is 1. The molecule has 3 rings (SSSR count).